The number of benzene rings is 2. The van der Waals surface area contributed by atoms with Gasteiger partial charge in [-0.25, -0.2) is 0 Å². The van der Waals surface area contributed by atoms with Gasteiger partial charge < -0.3 is 14.8 Å². The first-order valence-corrected chi connectivity index (χ1v) is 11.3. The highest BCUT2D eigenvalue weighted by Crippen LogP contribution is 2.28. The van der Waals surface area contributed by atoms with E-state index in [1.54, 1.807) is 42.5 Å². The highest BCUT2D eigenvalue weighted by Gasteiger charge is 2.24. The Kier molecular flexibility index (Phi) is 8.88. The summed E-state index contributed by atoms with van der Waals surface area (Å²) in [6.45, 7) is -0.0250. The minimum absolute atomic E-state index is 0.0599. The lowest BCUT2D eigenvalue weighted by Gasteiger charge is -2.28. The number of ether oxygens (including phenoxy) is 2. The van der Waals surface area contributed by atoms with Crippen LogP contribution in [0.1, 0.15) is 32.1 Å². The summed E-state index contributed by atoms with van der Waals surface area (Å²) in [5.74, 6) is 1.35. The minimum atomic E-state index is -0.179. The fourth-order valence-corrected chi connectivity index (χ4v) is 3.99. The Bertz CT molecular complexity index is 896. The normalized spacial score (nSPS) is 18.3. The zero-order valence-corrected chi connectivity index (χ0v) is 19.2. The third-order valence-electron chi connectivity index (χ3n) is 5.20. The second-order valence-corrected chi connectivity index (χ2v) is 8.89. The Morgan fingerprint density at radius 1 is 0.839 bits per heavy atom. The average molecular weight is 485 g/mol. The summed E-state index contributed by atoms with van der Waals surface area (Å²) in [6.07, 6.45) is 3.97. The Hall–Kier alpha value is -1.95. The maximum atomic E-state index is 12.2. The molecule has 0 heterocycles. The summed E-state index contributed by atoms with van der Waals surface area (Å²) >= 11 is 17.6. The second-order valence-electron chi connectivity index (χ2n) is 7.64. The third-order valence-corrected chi connectivity index (χ3v) is 6.19. The van der Waals surface area contributed by atoms with Crippen LogP contribution in [0.4, 0.5) is 0 Å². The molecule has 3 rings (SSSR count). The van der Waals surface area contributed by atoms with E-state index >= 15 is 0 Å². The van der Waals surface area contributed by atoms with Crippen molar-refractivity contribution in [2.45, 2.75) is 38.1 Å². The molecule has 5 nitrogen and oxygen atoms in total. The Morgan fingerprint density at radius 3 is 2.16 bits per heavy atom. The molecular weight excluding hydrogens is 461 g/mol. The molecule has 0 spiro atoms. The van der Waals surface area contributed by atoms with Gasteiger partial charge in [-0.3, -0.25) is 9.59 Å². The van der Waals surface area contributed by atoms with Crippen LogP contribution in [0.25, 0.3) is 0 Å². The highest BCUT2D eigenvalue weighted by molar-refractivity contribution is 6.42. The maximum absolute atomic E-state index is 12.2. The number of carbonyl (C=O) groups excluding carboxylic acids is 2. The molecule has 0 atom stereocenters. The van der Waals surface area contributed by atoms with Crippen molar-refractivity contribution >= 4 is 46.5 Å². The largest absolute Gasteiger partial charge is 0.486 e. The monoisotopic (exact) mass is 483 g/mol. The number of nitrogens with one attached hydrogen (secondary N) is 1. The molecule has 2 aromatic carbocycles. The maximum Gasteiger partial charge on any atom is 0.258 e. The van der Waals surface area contributed by atoms with E-state index in [0.717, 1.165) is 25.7 Å². The van der Waals surface area contributed by atoms with E-state index in [9.17, 15) is 9.59 Å². The van der Waals surface area contributed by atoms with E-state index in [1.807, 2.05) is 0 Å². The molecule has 0 saturated heterocycles. The van der Waals surface area contributed by atoms with Crippen LogP contribution in [0.15, 0.2) is 42.5 Å². The summed E-state index contributed by atoms with van der Waals surface area (Å²) < 4.78 is 11.0. The fourth-order valence-electron chi connectivity index (χ4n) is 3.57. The molecular formula is C23H24Cl3NO4. The van der Waals surface area contributed by atoms with Crippen molar-refractivity contribution in [2.75, 3.05) is 13.2 Å². The van der Waals surface area contributed by atoms with E-state index in [1.165, 1.54) is 0 Å². The van der Waals surface area contributed by atoms with Gasteiger partial charge in [0.2, 0.25) is 0 Å². The van der Waals surface area contributed by atoms with E-state index in [2.05, 4.69) is 5.32 Å². The predicted octanol–water partition coefficient (Wildman–Crippen LogP) is 5.74. The van der Waals surface area contributed by atoms with Crippen LogP contribution >= 0.6 is 34.8 Å². The average Bonchev–Trinajstić information content (AvgIpc) is 2.75. The molecule has 0 unspecified atom stereocenters. The van der Waals surface area contributed by atoms with Gasteiger partial charge in [-0.1, -0.05) is 34.8 Å². The van der Waals surface area contributed by atoms with Gasteiger partial charge in [-0.2, -0.15) is 0 Å². The lowest BCUT2D eigenvalue weighted by atomic mass is 9.83. The topological polar surface area (TPSA) is 64.6 Å². The molecule has 0 aromatic heterocycles. The number of carbonyl (C=O) groups is 2. The molecule has 0 aliphatic heterocycles. The van der Waals surface area contributed by atoms with Crippen molar-refractivity contribution in [2.24, 2.45) is 5.92 Å². The summed E-state index contributed by atoms with van der Waals surface area (Å²) in [5.41, 5.74) is 0. The summed E-state index contributed by atoms with van der Waals surface area (Å²) in [7, 11) is 0. The van der Waals surface area contributed by atoms with E-state index in [4.69, 9.17) is 44.3 Å². The van der Waals surface area contributed by atoms with Crippen LogP contribution in [0, 0.1) is 5.92 Å². The van der Waals surface area contributed by atoms with Gasteiger partial charge in [0.1, 0.15) is 18.1 Å². The Balaban J connectivity index is 1.32. The molecule has 2 aromatic rings. The molecule has 1 aliphatic carbocycles. The molecule has 31 heavy (non-hydrogen) atoms. The molecule has 8 heteroatoms. The number of ketones is 1. The van der Waals surface area contributed by atoms with Gasteiger partial charge in [0.15, 0.2) is 12.4 Å². The zero-order valence-electron chi connectivity index (χ0n) is 16.9. The van der Waals surface area contributed by atoms with Gasteiger partial charge in [-0.05, 0) is 68.0 Å². The van der Waals surface area contributed by atoms with Crippen LogP contribution < -0.4 is 14.8 Å². The molecule has 0 radical (unpaired) electrons. The lowest BCUT2D eigenvalue weighted by molar-refractivity contribution is -0.125. The first-order chi connectivity index (χ1) is 14.9. The number of amides is 1. The first-order valence-electron chi connectivity index (χ1n) is 10.2. The predicted molar refractivity (Wildman–Crippen MR) is 122 cm³/mol. The van der Waals surface area contributed by atoms with Gasteiger partial charge in [0.25, 0.3) is 5.91 Å². The van der Waals surface area contributed by atoms with Crippen LogP contribution in [-0.4, -0.2) is 30.9 Å². The second kappa shape index (κ2) is 11.6. The lowest BCUT2D eigenvalue weighted by Crippen LogP contribution is -2.40. The van der Waals surface area contributed by atoms with Crippen molar-refractivity contribution in [3.63, 3.8) is 0 Å². The van der Waals surface area contributed by atoms with Crippen molar-refractivity contribution in [3.05, 3.63) is 57.5 Å². The van der Waals surface area contributed by atoms with Crippen molar-refractivity contribution < 1.29 is 19.1 Å². The number of Topliss-reactive ketones (excluding diaryl/α,β-unsaturated/α-hetero) is 1. The first kappa shape index (κ1) is 23.7. The number of hydrogen-bond acceptors (Lipinski definition) is 4. The number of hydrogen-bond donors (Lipinski definition) is 1. The van der Waals surface area contributed by atoms with Crippen molar-refractivity contribution in [1.29, 1.82) is 0 Å². The van der Waals surface area contributed by atoms with Crippen molar-refractivity contribution in [1.82, 2.24) is 5.32 Å². The highest BCUT2D eigenvalue weighted by atomic mass is 35.5. The Morgan fingerprint density at radius 2 is 1.48 bits per heavy atom. The molecule has 1 saturated carbocycles. The molecule has 1 N–H and O–H groups in total. The summed E-state index contributed by atoms with van der Waals surface area (Å²) in [4.78, 5) is 24.4. The summed E-state index contributed by atoms with van der Waals surface area (Å²) in [6, 6.07) is 11.9. The quantitative estimate of drug-likeness (QED) is 0.493. The minimum Gasteiger partial charge on any atom is -0.486 e. The molecule has 166 valence electrons. The van der Waals surface area contributed by atoms with Crippen LogP contribution in [-0.2, 0) is 9.59 Å². The van der Waals surface area contributed by atoms with E-state index in [-0.39, 0.29) is 30.9 Å². The number of halogens is 3. The smallest absolute Gasteiger partial charge is 0.258 e. The Labute approximate surface area is 197 Å². The number of rotatable bonds is 9. The van der Waals surface area contributed by atoms with Gasteiger partial charge in [0.05, 0.1) is 10.0 Å². The van der Waals surface area contributed by atoms with Gasteiger partial charge in [0, 0.05) is 23.6 Å². The van der Waals surface area contributed by atoms with Gasteiger partial charge >= 0.3 is 0 Å². The molecule has 0 bridgehead atoms. The zero-order chi connectivity index (χ0) is 22.2. The molecule has 1 aliphatic rings. The van der Waals surface area contributed by atoms with Crippen molar-refractivity contribution in [3.8, 4) is 11.5 Å². The van der Waals surface area contributed by atoms with Crippen LogP contribution in [0.3, 0.4) is 0 Å². The van der Waals surface area contributed by atoms with Crippen LogP contribution in [0.5, 0.6) is 11.5 Å². The summed E-state index contributed by atoms with van der Waals surface area (Å²) in [5, 5.41) is 4.44. The molecule has 1 fully saturated rings. The third kappa shape index (κ3) is 7.91. The van der Waals surface area contributed by atoms with E-state index < -0.39 is 0 Å². The van der Waals surface area contributed by atoms with Gasteiger partial charge in [-0.15, -0.1) is 0 Å². The molecule has 1 amide bonds. The van der Waals surface area contributed by atoms with Crippen LogP contribution in [0.2, 0.25) is 15.1 Å². The van der Waals surface area contributed by atoms with E-state index in [0.29, 0.717) is 38.9 Å². The standard InChI is InChI=1S/C23H24Cl3NO4/c24-16-3-7-19(8-4-16)30-13-18(28)11-15-1-5-17(6-2-15)27-23(29)14-31-20-9-10-21(25)22(26)12-20/h3-4,7-10,12,15,17H,1-2,5-6,11,13-14H2,(H,27,29). The SMILES string of the molecule is O=C(COc1ccc(Cl)cc1)CC1CCC(NC(=O)COc2ccc(Cl)c(Cl)c2)CC1. The fraction of sp³-hybridized carbons (Fsp3) is 0.391.